The second-order valence-electron chi connectivity index (χ2n) is 9.32. The van der Waals surface area contributed by atoms with Crippen LogP contribution in [0, 0.1) is 18.8 Å². The van der Waals surface area contributed by atoms with E-state index in [-0.39, 0.29) is 23.4 Å². The van der Waals surface area contributed by atoms with E-state index < -0.39 is 5.95 Å². The van der Waals surface area contributed by atoms with E-state index in [1.165, 1.54) is 17.1 Å². The number of halogens is 2. The summed E-state index contributed by atoms with van der Waals surface area (Å²) in [6.07, 6.45) is 4.58. The van der Waals surface area contributed by atoms with E-state index in [1.807, 2.05) is 0 Å². The van der Waals surface area contributed by atoms with Gasteiger partial charge in [-0.25, -0.2) is 9.97 Å². The summed E-state index contributed by atoms with van der Waals surface area (Å²) >= 11 is 6.29. The molecule has 36 heavy (non-hydrogen) atoms. The van der Waals surface area contributed by atoms with Gasteiger partial charge < -0.3 is 0 Å². The minimum atomic E-state index is -0.503. The highest BCUT2D eigenvalue weighted by Gasteiger charge is 2.55. The number of nitrogens with zero attached hydrogens (tertiary/aromatic N) is 8. The average molecular weight is 501 g/mol. The summed E-state index contributed by atoms with van der Waals surface area (Å²) in [6, 6.07) is 10.1. The van der Waals surface area contributed by atoms with Gasteiger partial charge in [-0.3, -0.25) is 14.4 Å². The largest absolute Gasteiger partial charge is 0.287 e. The molecule has 0 spiro atoms. The lowest BCUT2D eigenvalue weighted by Gasteiger charge is -2.19. The smallest absolute Gasteiger partial charge is 0.254 e. The monoisotopic (exact) mass is 500 g/mol. The number of tetrazole rings is 1. The maximum Gasteiger partial charge on any atom is 0.254 e. The SMILES string of the molecule is Cc1ccc(C2=CN=C(C3C4CC4c4nc(-c5cc(Cl)ccc5-n5cnnn5)cc(=O)n43)C2)c(F)n1. The van der Waals surface area contributed by atoms with Crippen LogP contribution in [-0.4, -0.2) is 40.5 Å². The number of hydrogen-bond acceptors (Lipinski definition) is 7. The van der Waals surface area contributed by atoms with Crippen molar-refractivity contribution in [2.75, 3.05) is 0 Å². The minimum Gasteiger partial charge on any atom is -0.287 e. The number of benzene rings is 1. The molecule has 3 unspecified atom stereocenters. The number of hydrogen-bond donors (Lipinski definition) is 0. The molecule has 2 aliphatic heterocycles. The van der Waals surface area contributed by atoms with E-state index in [1.54, 1.807) is 48.0 Å². The van der Waals surface area contributed by atoms with Crippen LogP contribution >= 0.6 is 11.6 Å². The normalized spacial score (nSPS) is 21.7. The van der Waals surface area contributed by atoms with Gasteiger partial charge in [-0.2, -0.15) is 9.07 Å². The molecule has 3 aromatic heterocycles. The molecule has 1 saturated carbocycles. The van der Waals surface area contributed by atoms with Crippen LogP contribution < -0.4 is 5.56 Å². The van der Waals surface area contributed by atoms with E-state index in [0.717, 1.165) is 23.5 Å². The summed E-state index contributed by atoms with van der Waals surface area (Å²) in [7, 11) is 0. The topological polar surface area (TPSA) is 104 Å². The second kappa shape index (κ2) is 7.72. The Morgan fingerprint density at radius 1 is 1.11 bits per heavy atom. The lowest BCUT2D eigenvalue weighted by molar-refractivity contribution is 0.573. The highest BCUT2D eigenvalue weighted by molar-refractivity contribution is 6.31. The zero-order valence-corrected chi connectivity index (χ0v) is 19.8. The Morgan fingerprint density at radius 2 is 2.00 bits per heavy atom. The zero-order chi connectivity index (χ0) is 24.6. The van der Waals surface area contributed by atoms with Crippen molar-refractivity contribution in [3.8, 4) is 16.9 Å². The van der Waals surface area contributed by atoms with Gasteiger partial charge in [-0.1, -0.05) is 11.6 Å². The molecule has 0 saturated heterocycles. The van der Waals surface area contributed by atoms with Crippen LogP contribution in [0.3, 0.4) is 0 Å². The quantitative estimate of drug-likeness (QED) is 0.393. The third-order valence-corrected chi connectivity index (χ3v) is 7.33. The van der Waals surface area contributed by atoms with Gasteiger partial charge in [-0.05, 0) is 65.6 Å². The van der Waals surface area contributed by atoms with Crippen molar-refractivity contribution in [3.05, 3.63) is 87.3 Å². The molecule has 0 bridgehead atoms. The molecule has 11 heteroatoms. The molecule has 1 aromatic carbocycles. The fraction of sp³-hybridized carbons (Fsp3) is 0.240. The second-order valence-corrected chi connectivity index (χ2v) is 9.75. The molecule has 3 atom stereocenters. The van der Waals surface area contributed by atoms with Crippen molar-refractivity contribution in [2.45, 2.75) is 31.7 Å². The first kappa shape index (κ1) is 21.3. The van der Waals surface area contributed by atoms with Gasteiger partial charge >= 0.3 is 0 Å². The standard InChI is InChI=1S/C25H18ClFN8O/c1-12-2-4-15(24(27)30-12)13-6-20(28-10-13)23-16-8-17(16)25-31-19(9-22(36)35(23)25)18-7-14(26)3-5-21(18)34-11-29-32-33-34/h2-5,7,9-11,16-17,23H,6,8H2,1H3. The summed E-state index contributed by atoms with van der Waals surface area (Å²) < 4.78 is 17.7. The Kier molecular flexibility index (Phi) is 4.56. The van der Waals surface area contributed by atoms with Crippen LogP contribution in [0.1, 0.15) is 41.9 Å². The zero-order valence-electron chi connectivity index (χ0n) is 19.0. The van der Waals surface area contributed by atoms with Crippen LogP contribution in [0.15, 0.2) is 58.7 Å². The van der Waals surface area contributed by atoms with Gasteiger partial charge in [0.15, 0.2) is 0 Å². The number of allylic oxidation sites excluding steroid dienone is 1. The third-order valence-electron chi connectivity index (χ3n) is 7.10. The molecule has 3 aliphatic rings. The van der Waals surface area contributed by atoms with Crippen molar-refractivity contribution in [2.24, 2.45) is 10.9 Å². The molecule has 0 amide bonds. The first-order chi connectivity index (χ1) is 17.5. The van der Waals surface area contributed by atoms with Gasteiger partial charge in [-0.15, -0.1) is 5.10 Å². The first-order valence-corrected chi connectivity index (χ1v) is 11.9. The molecule has 178 valence electrons. The third kappa shape index (κ3) is 3.25. The van der Waals surface area contributed by atoms with Gasteiger partial charge in [0.25, 0.3) is 5.56 Å². The summed E-state index contributed by atoms with van der Waals surface area (Å²) in [4.78, 5) is 26.9. The lowest BCUT2D eigenvalue weighted by Crippen LogP contribution is -2.30. The number of aliphatic imine (C=N–C) groups is 1. The number of rotatable bonds is 4. The summed E-state index contributed by atoms with van der Waals surface area (Å²) in [6.45, 7) is 1.75. The van der Waals surface area contributed by atoms with Crippen molar-refractivity contribution in [1.29, 1.82) is 0 Å². The van der Waals surface area contributed by atoms with Gasteiger partial charge in [0.2, 0.25) is 5.95 Å². The summed E-state index contributed by atoms with van der Waals surface area (Å²) in [5.74, 6) is 0.681. The predicted molar refractivity (Wildman–Crippen MR) is 131 cm³/mol. The fourth-order valence-corrected chi connectivity index (χ4v) is 5.55. The molecule has 0 N–H and O–H groups in total. The van der Waals surface area contributed by atoms with E-state index in [0.29, 0.717) is 39.6 Å². The summed E-state index contributed by atoms with van der Waals surface area (Å²) in [5.41, 5.74) is 4.39. The van der Waals surface area contributed by atoms with Crippen LogP contribution in [0.4, 0.5) is 4.39 Å². The summed E-state index contributed by atoms with van der Waals surface area (Å²) in [5, 5.41) is 11.9. The fourth-order valence-electron chi connectivity index (χ4n) is 5.38. The van der Waals surface area contributed by atoms with Gasteiger partial charge in [0, 0.05) is 52.2 Å². The number of pyridine rings is 1. The number of aryl methyl sites for hydroxylation is 1. The van der Waals surface area contributed by atoms with Crippen molar-refractivity contribution in [3.63, 3.8) is 0 Å². The van der Waals surface area contributed by atoms with E-state index in [4.69, 9.17) is 16.6 Å². The molecular formula is C25H18ClFN8O. The minimum absolute atomic E-state index is 0.158. The van der Waals surface area contributed by atoms with E-state index in [2.05, 4.69) is 25.5 Å². The molecular weight excluding hydrogens is 483 g/mol. The first-order valence-electron chi connectivity index (χ1n) is 11.5. The maximum atomic E-state index is 14.5. The Bertz CT molecular complexity index is 1680. The van der Waals surface area contributed by atoms with Crippen LogP contribution in [0.25, 0.3) is 22.5 Å². The molecule has 0 radical (unpaired) electrons. The highest BCUT2D eigenvalue weighted by atomic mass is 35.5. The lowest BCUT2D eigenvalue weighted by atomic mass is 9.98. The highest BCUT2D eigenvalue weighted by Crippen LogP contribution is 2.59. The Balaban J connectivity index is 1.25. The molecule has 5 heterocycles. The predicted octanol–water partition coefficient (Wildman–Crippen LogP) is 3.93. The molecule has 4 aromatic rings. The van der Waals surface area contributed by atoms with Gasteiger partial charge in [0.1, 0.15) is 12.2 Å². The molecule has 1 fully saturated rings. The average Bonchev–Trinajstić information content (AvgIpc) is 3.20. The molecule has 9 nitrogen and oxygen atoms in total. The Morgan fingerprint density at radius 3 is 2.81 bits per heavy atom. The van der Waals surface area contributed by atoms with Gasteiger partial charge in [0.05, 0.1) is 17.4 Å². The Labute approximate surface area is 209 Å². The van der Waals surface area contributed by atoms with Crippen molar-refractivity contribution >= 4 is 22.9 Å². The van der Waals surface area contributed by atoms with Crippen molar-refractivity contribution < 1.29 is 4.39 Å². The van der Waals surface area contributed by atoms with Crippen LogP contribution in [-0.2, 0) is 0 Å². The van der Waals surface area contributed by atoms with Crippen LogP contribution in [0.2, 0.25) is 5.02 Å². The molecule has 7 rings (SSSR count). The number of aromatic nitrogens is 7. The molecule has 1 aliphatic carbocycles. The van der Waals surface area contributed by atoms with Crippen LogP contribution in [0.5, 0.6) is 0 Å². The Hall–Kier alpha value is -4.05. The van der Waals surface area contributed by atoms with E-state index >= 15 is 0 Å². The van der Waals surface area contributed by atoms with Crippen molar-refractivity contribution in [1.82, 2.24) is 34.7 Å². The van der Waals surface area contributed by atoms with E-state index in [9.17, 15) is 9.18 Å². The maximum absolute atomic E-state index is 14.5. The number of fused-ring (bicyclic) bond motifs is 3.